The van der Waals surface area contributed by atoms with E-state index in [1.165, 1.54) is 12.1 Å². The Bertz CT molecular complexity index is 555. The number of hydrogen-bond donors (Lipinski definition) is 2. The molecule has 2 N–H and O–H groups in total. The molecule has 0 aromatic carbocycles. The summed E-state index contributed by atoms with van der Waals surface area (Å²) in [6, 6.07) is 8.68. The van der Waals surface area contributed by atoms with E-state index >= 15 is 0 Å². The minimum Gasteiger partial charge on any atom is -0.478 e. The van der Waals surface area contributed by atoms with E-state index in [2.05, 4.69) is 15.3 Å². The monoisotopic (exact) mass is 243 g/mol. The highest BCUT2D eigenvalue weighted by Gasteiger charge is 2.06. The summed E-state index contributed by atoms with van der Waals surface area (Å²) >= 11 is 0. The van der Waals surface area contributed by atoms with Gasteiger partial charge in [-0.1, -0.05) is 6.07 Å². The molecule has 2 rings (SSSR count). The van der Waals surface area contributed by atoms with Gasteiger partial charge in [0.25, 0.3) is 0 Å². The van der Waals surface area contributed by atoms with Crippen LogP contribution in [0.4, 0.5) is 5.82 Å². The Morgan fingerprint density at radius 1 is 1.39 bits per heavy atom. The number of rotatable bonds is 4. The fourth-order valence-corrected chi connectivity index (χ4v) is 1.57. The molecule has 2 aromatic heterocycles. The molecule has 0 unspecified atom stereocenters. The molecule has 0 aliphatic carbocycles. The highest BCUT2D eigenvalue weighted by molar-refractivity contribution is 5.88. The van der Waals surface area contributed by atoms with Crippen molar-refractivity contribution >= 4 is 11.8 Å². The maximum Gasteiger partial charge on any atom is 0.335 e. The highest BCUT2D eigenvalue weighted by atomic mass is 16.4. The standard InChI is InChI=1S/C13H13N3O2/c1-9-6-10(13(17)18)7-12(16-9)15-8-11-4-2-3-5-14-11/h2-7H,8H2,1H3,(H,15,16)(H,17,18). The Hall–Kier alpha value is -2.43. The first-order chi connectivity index (χ1) is 8.65. The molecule has 0 atom stereocenters. The molecule has 0 amide bonds. The number of carbonyl (C=O) groups is 1. The zero-order chi connectivity index (χ0) is 13.0. The molecule has 0 bridgehead atoms. The normalized spacial score (nSPS) is 10.1. The molecule has 0 saturated heterocycles. The van der Waals surface area contributed by atoms with Crippen LogP contribution in [0.3, 0.4) is 0 Å². The topological polar surface area (TPSA) is 75.1 Å². The quantitative estimate of drug-likeness (QED) is 0.860. The number of aromatic carboxylic acids is 1. The summed E-state index contributed by atoms with van der Waals surface area (Å²) in [7, 11) is 0. The molecule has 0 aliphatic rings. The fraction of sp³-hybridized carbons (Fsp3) is 0.154. The van der Waals surface area contributed by atoms with Crippen LogP contribution in [0.15, 0.2) is 36.5 Å². The van der Waals surface area contributed by atoms with E-state index in [0.717, 1.165) is 5.69 Å². The van der Waals surface area contributed by atoms with Gasteiger partial charge < -0.3 is 10.4 Å². The third kappa shape index (κ3) is 3.04. The van der Waals surface area contributed by atoms with E-state index < -0.39 is 5.97 Å². The summed E-state index contributed by atoms with van der Waals surface area (Å²) in [5.41, 5.74) is 1.77. The molecule has 2 heterocycles. The van der Waals surface area contributed by atoms with E-state index in [9.17, 15) is 4.79 Å². The van der Waals surface area contributed by atoms with Gasteiger partial charge in [0.15, 0.2) is 0 Å². The number of hydrogen-bond acceptors (Lipinski definition) is 4. The zero-order valence-electron chi connectivity index (χ0n) is 9.92. The molecule has 0 aliphatic heterocycles. The van der Waals surface area contributed by atoms with Crippen LogP contribution in [0, 0.1) is 6.92 Å². The van der Waals surface area contributed by atoms with E-state index in [-0.39, 0.29) is 5.56 Å². The SMILES string of the molecule is Cc1cc(C(=O)O)cc(NCc2ccccn2)n1. The smallest absolute Gasteiger partial charge is 0.335 e. The lowest BCUT2D eigenvalue weighted by Gasteiger charge is -2.07. The van der Waals surface area contributed by atoms with Crippen molar-refractivity contribution in [3.05, 3.63) is 53.5 Å². The second kappa shape index (κ2) is 5.27. The van der Waals surface area contributed by atoms with Gasteiger partial charge in [0, 0.05) is 11.9 Å². The maximum absolute atomic E-state index is 10.9. The van der Waals surface area contributed by atoms with E-state index in [0.29, 0.717) is 18.1 Å². The van der Waals surface area contributed by atoms with Gasteiger partial charge in [-0.2, -0.15) is 0 Å². The number of nitrogens with one attached hydrogen (secondary N) is 1. The number of anilines is 1. The summed E-state index contributed by atoms with van der Waals surface area (Å²) in [5, 5.41) is 12.0. The Labute approximate surface area is 105 Å². The van der Waals surface area contributed by atoms with Crippen LogP contribution in [0.25, 0.3) is 0 Å². The van der Waals surface area contributed by atoms with Gasteiger partial charge in [-0.05, 0) is 31.2 Å². The average Bonchev–Trinajstić information content (AvgIpc) is 2.37. The summed E-state index contributed by atoms with van der Waals surface area (Å²) in [6.45, 7) is 2.27. The lowest BCUT2D eigenvalue weighted by atomic mass is 10.2. The summed E-state index contributed by atoms with van der Waals surface area (Å²) in [4.78, 5) is 19.3. The lowest BCUT2D eigenvalue weighted by molar-refractivity contribution is 0.0696. The van der Waals surface area contributed by atoms with Gasteiger partial charge in [-0.25, -0.2) is 9.78 Å². The number of nitrogens with zero attached hydrogens (tertiary/aromatic N) is 2. The van der Waals surface area contributed by atoms with Crippen molar-refractivity contribution in [2.75, 3.05) is 5.32 Å². The minimum absolute atomic E-state index is 0.228. The van der Waals surface area contributed by atoms with E-state index in [4.69, 9.17) is 5.11 Å². The highest BCUT2D eigenvalue weighted by Crippen LogP contribution is 2.11. The van der Waals surface area contributed by atoms with E-state index in [1.54, 1.807) is 13.1 Å². The van der Waals surface area contributed by atoms with Gasteiger partial charge in [-0.15, -0.1) is 0 Å². The van der Waals surface area contributed by atoms with Gasteiger partial charge in [0.1, 0.15) is 5.82 Å². The molecule has 5 nitrogen and oxygen atoms in total. The van der Waals surface area contributed by atoms with Crippen LogP contribution < -0.4 is 5.32 Å². The third-order valence-electron chi connectivity index (χ3n) is 2.38. The summed E-state index contributed by atoms with van der Waals surface area (Å²) in [5.74, 6) is -0.417. The Morgan fingerprint density at radius 3 is 2.89 bits per heavy atom. The number of carboxylic acids is 1. The van der Waals surface area contributed by atoms with Crippen molar-refractivity contribution in [2.45, 2.75) is 13.5 Å². The number of aromatic nitrogens is 2. The van der Waals surface area contributed by atoms with Gasteiger partial charge in [0.05, 0.1) is 17.8 Å². The largest absolute Gasteiger partial charge is 0.478 e. The molecular formula is C13H13N3O2. The Balaban J connectivity index is 2.12. The van der Waals surface area contributed by atoms with E-state index in [1.807, 2.05) is 18.2 Å². The first-order valence-electron chi connectivity index (χ1n) is 5.51. The number of aryl methyl sites for hydroxylation is 1. The van der Waals surface area contributed by atoms with Crippen molar-refractivity contribution in [1.29, 1.82) is 0 Å². The van der Waals surface area contributed by atoms with Crippen LogP contribution in [-0.4, -0.2) is 21.0 Å². The molecule has 2 aromatic rings. The minimum atomic E-state index is -0.957. The van der Waals surface area contributed by atoms with Gasteiger partial charge >= 0.3 is 5.97 Å². The Kier molecular flexibility index (Phi) is 3.52. The van der Waals surface area contributed by atoms with Crippen molar-refractivity contribution in [3.63, 3.8) is 0 Å². The average molecular weight is 243 g/mol. The van der Waals surface area contributed by atoms with Crippen molar-refractivity contribution in [2.24, 2.45) is 0 Å². The van der Waals surface area contributed by atoms with Crippen LogP contribution in [0.2, 0.25) is 0 Å². The predicted molar refractivity (Wildman–Crippen MR) is 67.5 cm³/mol. The summed E-state index contributed by atoms with van der Waals surface area (Å²) in [6.07, 6.45) is 1.71. The molecule has 0 spiro atoms. The molecular weight excluding hydrogens is 230 g/mol. The van der Waals surface area contributed by atoms with Crippen molar-refractivity contribution in [1.82, 2.24) is 9.97 Å². The molecule has 0 radical (unpaired) electrons. The zero-order valence-corrected chi connectivity index (χ0v) is 9.92. The second-order valence-corrected chi connectivity index (χ2v) is 3.86. The molecule has 92 valence electrons. The number of carboxylic acid groups (broad SMARTS) is 1. The second-order valence-electron chi connectivity index (χ2n) is 3.86. The molecule has 0 saturated carbocycles. The molecule has 18 heavy (non-hydrogen) atoms. The van der Waals surface area contributed by atoms with Crippen molar-refractivity contribution in [3.8, 4) is 0 Å². The maximum atomic E-state index is 10.9. The lowest BCUT2D eigenvalue weighted by Crippen LogP contribution is -2.06. The van der Waals surface area contributed by atoms with Crippen LogP contribution >= 0.6 is 0 Å². The van der Waals surface area contributed by atoms with Crippen LogP contribution in [0.5, 0.6) is 0 Å². The molecule has 0 fully saturated rings. The summed E-state index contributed by atoms with van der Waals surface area (Å²) < 4.78 is 0. The first-order valence-corrected chi connectivity index (χ1v) is 5.51. The van der Waals surface area contributed by atoms with Gasteiger partial charge in [0.2, 0.25) is 0 Å². The first kappa shape index (κ1) is 12.0. The number of pyridine rings is 2. The molecule has 5 heteroatoms. The van der Waals surface area contributed by atoms with Crippen molar-refractivity contribution < 1.29 is 9.90 Å². The Morgan fingerprint density at radius 2 is 2.22 bits per heavy atom. The third-order valence-corrected chi connectivity index (χ3v) is 2.38. The fourth-order valence-electron chi connectivity index (χ4n) is 1.57. The van der Waals surface area contributed by atoms with Gasteiger partial charge in [-0.3, -0.25) is 4.98 Å². The van der Waals surface area contributed by atoms with Crippen LogP contribution in [0.1, 0.15) is 21.7 Å². The van der Waals surface area contributed by atoms with Crippen LogP contribution in [-0.2, 0) is 6.54 Å². The predicted octanol–water partition coefficient (Wildman–Crippen LogP) is 2.10.